The lowest BCUT2D eigenvalue weighted by molar-refractivity contribution is -0.274. The van der Waals surface area contributed by atoms with Gasteiger partial charge in [-0.25, -0.2) is 0 Å². The predicted octanol–water partition coefficient (Wildman–Crippen LogP) is 4.24. The van der Waals surface area contributed by atoms with E-state index in [9.17, 15) is 23.1 Å². The third-order valence-corrected chi connectivity index (χ3v) is 5.18. The molecule has 0 spiro atoms. The quantitative estimate of drug-likeness (QED) is 0.731. The van der Waals surface area contributed by atoms with Crippen LogP contribution in [0.5, 0.6) is 11.5 Å². The molecular formula is C22H20F3NO4. The number of aryl methyl sites for hydroxylation is 1. The Morgan fingerprint density at radius 1 is 1.23 bits per heavy atom. The number of benzene rings is 2. The van der Waals surface area contributed by atoms with Gasteiger partial charge in [0.25, 0.3) is 0 Å². The summed E-state index contributed by atoms with van der Waals surface area (Å²) in [5.74, 6) is -0.481. The van der Waals surface area contributed by atoms with Crippen molar-refractivity contribution in [2.75, 3.05) is 11.9 Å². The Morgan fingerprint density at radius 3 is 2.87 bits per heavy atom. The van der Waals surface area contributed by atoms with Crippen LogP contribution in [0.4, 0.5) is 18.9 Å². The minimum atomic E-state index is -4.79. The van der Waals surface area contributed by atoms with Crippen LogP contribution < -0.4 is 14.8 Å². The Kier molecular flexibility index (Phi) is 5.42. The highest BCUT2D eigenvalue weighted by Gasteiger charge is 2.31. The molecule has 1 atom stereocenters. The van der Waals surface area contributed by atoms with Crippen LogP contribution in [0.1, 0.15) is 29.5 Å². The van der Waals surface area contributed by atoms with E-state index in [4.69, 9.17) is 4.74 Å². The average molecular weight is 419 g/mol. The molecule has 2 aliphatic rings. The molecule has 1 heterocycles. The SMILES string of the molecule is O=C(/C=C1\CCOc2cc(OC(F)(F)F)ccc21)Nc1cccc2c1CC(O)CC2. The summed E-state index contributed by atoms with van der Waals surface area (Å²) < 4.78 is 46.7. The van der Waals surface area contributed by atoms with Crippen LogP contribution >= 0.6 is 0 Å². The minimum Gasteiger partial charge on any atom is -0.492 e. The minimum absolute atomic E-state index is 0.238. The third-order valence-electron chi connectivity index (χ3n) is 5.18. The summed E-state index contributed by atoms with van der Waals surface area (Å²) in [5.41, 5.74) is 3.92. The number of carbonyl (C=O) groups is 1. The van der Waals surface area contributed by atoms with Gasteiger partial charge in [-0.15, -0.1) is 13.2 Å². The molecule has 2 N–H and O–H groups in total. The molecule has 158 valence electrons. The van der Waals surface area contributed by atoms with E-state index in [1.54, 1.807) is 6.07 Å². The lowest BCUT2D eigenvalue weighted by Crippen LogP contribution is -2.21. The van der Waals surface area contributed by atoms with Crippen LogP contribution in [0.3, 0.4) is 0 Å². The van der Waals surface area contributed by atoms with Gasteiger partial charge in [0.1, 0.15) is 11.5 Å². The van der Waals surface area contributed by atoms with E-state index >= 15 is 0 Å². The number of hydrogen-bond donors (Lipinski definition) is 2. The van der Waals surface area contributed by atoms with Crippen molar-refractivity contribution in [1.29, 1.82) is 0 Å². The molecule has 1 unspecified atom stereocenters. The molecule has 0 fully saturated rings. The maximum absolute atomic E-state index is 12.6. The highest BCUT2D eigenvalue weighted by Crippen LogP contribution is 2.37. The zero-order valence-corrected chi connectivity index (χ0v) is 16.0. The van der Waals surface area contributed by atoms with Crippen LogP contribution in [0.15, 0.2) is 42.5 Å². The van der Waals surface area contributed by atoms with E-state index in [0.29, 0.717) is 36.1 Å². The summed E-state index contributed by atoms with van der Waals surface area (Å²) in [5, 5.41) is 12.8. The Morgan fingerprint density at radius 2 is 2.07 bits per heavy atom. The largest absolute Gasteiger partial charge is 0.573 e. The Bertz CT molecular complexity index is 1000. The molecule has 0 radical (unpaired) electrons. The number of aliphatic hydroxyl groups is 1. The second kappa shape index (κ2) is 8.02. The topological polar surface area (TPSA) is 67.8 Å². The number of amides is 1. The molecule has 30 heavy (non-hydrogen) atoms. The number of halogens is 3. The first-order valence-corrected chi connectivity index (χ1v) is 9.62. The zero-order valence-electron chi connectivity index (χ0n) is 16.0. The van der Waals surface area contributed by atoms with E-state index in [1.165, 1.54) is 24.3 Å². The van der Waals surface area contributed by atoms with Gasteiger partial charge in [-0.2, -0.15) is 0 Å². The molecule has 8 heteroatoms. The molecule has 0 aromatic heterocycles. The molecule has 1 aliphatic carbocycles. The van der Waals surface area contributed by atoms with Crippen LogP contribution in [-0.4, -0.2) is 30.1 Å². The number of ether oxygens (including phenoxy) is 2. The van der Waals surface area contributed by atoms with Crippen molar-refractivity contribution in [2.24, 2.45) is 0 Å². The summed E-state index contributed by atoms with van der Waals surface area (Å²) in [6, 6.07) is 9.47. The fourth-order valence-corrected chi connectivity index (χ4v) is 3.85. The van der Waals surface area contributed by atoms with Crippen molar-refractivity contribution in [3.05, 3.63) is 59.2 Å². The van der Waals surface area contributed by atoms with Gasteiger partial charge in [-0.05, 0) is 47.7 Å². The van der Waals surface area contributed by atoms with Gasteiger partial charge in [0.15, 0.2) is 0 Å². The van der Waals surface area contributed by atoms with Gasteiger partial charge in [0.2, 0.25) is 5.91 Å². The fraction of sp³-hybridized carbons (Fsp3) is 0.318. The van der Waals surface area contributed by atoms with Crippen molar-refractivity contribution >= 4 is 17.2 Å². The first-order chi connectivity index (χ1) is 14.3. The predicted molar refractivity (Wildman–Crippen MR) is 104 cm³/mol. The van der Waals surface area contributed by atoms with E-state index < -0.39 is 12.5 Å². The Labute approximate surface area is 171 Å². The standard InChI is InChI=1S/C22H20F3NO4/c23-22(24,25)30-16-6-7-17-14(8-9-29-20(17)12-16)10-21(28)26-19-3-1-2-13-4-5-15(27)11-18(13)19/h1-3,6-7,10,12,15,27H,4-5,8-9,11H2,(H,26,28)/b14-10+. The number of carbonyl (C=O) groups excluding carboxylic acids is 1. The highest BCUT2D eigenvalue weighted by atomic mass is 19.4. The normalized spacial score (nSPS) is 19.5. The average Bonchev–Trinajstić information content (AvgIpc) is 2.67. The molecule has 0 saturated carbocycles. The molecule has 1 aliphatic heterocycles. The number of alkyl halides is 3. The molecule has 1 amide bonds. The van der Waals surface area contributed by atoms with Crippen LogP contribution in [0.2, 0.25) is 0 Å². The lowest BCUT2D eigenvalue weighted by atomic mass is 9.88. The van der Waals surface area contributed by atoms with E-state index in [-0.39, 0.29) is 24.0 Å². The molecule has 5 nitrogen and oxygen atoms in total. The zero-order chi connectivity index (χ0) is 21.3. The second-order valence-corrected chi connectivity index (χ2v) is 7.30. The number of rotatable bonds is 3. The van der Waals surface area contributed by atoms with Crippen molar-refractivity contribution in [1.82, 2.24) is 0 Å². The van der Waals surface area contributed by atoms with Gasteiger partial charge in [-0.3, -0.25) is 4.79 Å². The number of nitrogens with one attached hydrogen (secondary N) is 1. The van der Waals surface area contributed by atoms with Crippen molar-refractivity contribution < 1.29 is 32.5 Å². The first-order valence-electron chi connectivity index (χ1n) is 9.62. The van der Waals surface area contributed by atoms with Crippen molar-refractivity contribution in [3.8, 4) is 11.5 Å². The number of fused-ring (bicyclic) bond motifs is 2. The molecular weight excluding hydrogens is 399 g/mol. The van der Waals surface area contributed by atoms with Gasteiger partial charge < -0.3 is 19.9 Å². The smallest absolute Gasteiger partial charge is 0.492 e. The summed E-state index contributed by atoms with van der Waals surface area (Å²) >= 11 is 0. The van der Waals surface area contributed by atoms with Crippen molar-refractivity contribution in [2.45, 2.75) is 38.1 Å². The van der Waals surface area contributed by atoms with Crippen molar-refractivity contribution in [3.63, 3.8) is 0 Å². The molecule has 0 bridgehead atoms. The van der Waals surface area contributed by atoms with Crippen LogP contribution in [0.25, 0.3) is 5.57 Å². The number of anilines is 1. The van der Waals surface area contributed by atoms with Gasteiger partial charge in [0.05, 0.1) is 12.7 Å². The van der Waals surface area contributed by atoms with E-state index in [2.05, 4.69) is 10.1 Å². The summed E-state index contributed by atoms with van der Waals surface area (Å²) in [7, 11) is 0. The highest BCUT2D eigenvalue weighted by molar-refractivity contribution is 6.05. The molecule has 4 rings (SSSR count). The molecule has 2 aromatic rings. The maximum atomic E-state index is 12.6. The van der Waals surface area contributed by atoms with E-state index in [1.807, 2.05) is 12.1 Å². The molecule has 0 saturated heterocycles. The van der Waals surface area contributed by atoms with E-state index in [0.717, 1.165) is 17.5 Å². The van der Waals surface area contributed by atoms with Crippen LogP contribution in [0, 0.1) is 0 Å². The second-order valence-electron chi connectivity index (χ2n) is 7.30. The number of aliphatic hydroxyl groups excluding tert-OH is 1. The van der Waals surface area contributed by atoms with Gasteiger partial charge in [-0.1, -0.05) is 12.1 Å². The Balaban J connectivity index is 1.55. The van der Waals surface area contributed by atoms with Gasteiger partial charge in [0, 0.05) is 36.2 Å². The molecule has 2 aromatic carbocycles. The number of hydrogen-bond acceptors (Lipinski definition) is 4. The maximum Gasteiger partial charge on any atom is 0.573 e. The van der Waals surface area contributed by atoms with Gasteiger partial charge >= 0.3 is 6.36 Å². The fourth-order valence-electron chi connectivity index (χ4n) is 3.85. The monoisotopic (exact) mass is 419 g/mol. The lowest BCUT2D eigenvalue weighted by Gasteiger charge is -2.23. The first kappa shape index (κ1) is 20.3. The summed E-state index contributed by atoms with van der Waals surface area (Å²) in [6.45, 7) is 0.245. The van der Waals surface area contributed by atoms with Crippen LogP contribution in [-0.2, 0) is 17.6 Å². The Hall–Kier alpha value is -3.00. The third kappa shape index (κ3) is 4.59. The summed E-state index contributed by atoms with van der Waals surface area (Å²) in [4.78, 5) is 12.6. The summed E-state index contributed by atoms with van der Waals surface area (Å²) in [6.07, 6.45) is -1.38.